The van der Waals surface area contributed by atoms with Crippen LogP contribution < -0.4 is 15.4 Å². The molecule has 1 amide bonds. The van der Waals surface area contributed by atoms with Crippen molar-refractivity contribution in [2.45, 2.75) is 13.0 Å². The quantitative estimate of drug-likeness (QED) is 0.785. The van der Waals surface area contributed by atoms with Gasteiger partial charge in [-0.2, -0.15) is 0 Å². The van der Waals surface area contributed by atoms with E-state index in [1.165, 1.54) is 12.4 Å². The summed E-state index contributed by atoms with van der Waals surface area (Å²) in [4.78, 5) is 23.5. The molecule has 2 aromatic rings. The van der Waals surface area contributed by atoms with E-state index >= 15 is 0 Å². The highest BCUT2D eigenvalue weighted by molar-refractivity contribution is 5.91. The van der Waals surface area contributed by atoms with E-state index in [0.717, 1.165) is 0 Å². The van der Waals surface area contributed by atoms with E-state index in [2.05, 4.69) is 25.6 Å². The van der Waals surface area contributed by atoms with Crippen LogP contribution in [0.2, 0.25) is 0 Å². The Morgan fingerprint density at radius 1 is 1.29 bits per heavy atom. The largest absolute Gasteiger partial charge is 0.488 e. The van der Waals surface area contributed by atoms with E-state index < -0.39 is 0 Å². The van der Waals surface area contributed by atoms with E-state index in [1.807, 2.05) is 19.1 Å². The predicted octanol–water partition coefficient (Wildman–Crippen LogP) is 0.867. The maximum Gasteiger partial charge on any atom is 0.239 e. The van der Waals surface area contributed by atoms with E-state index in [1.54, 1.807) is 18.6 Å². The number of nitrogens with one attached hydrogen (secondary N) is 2. The molecule has 2 aromatic heterocycles. The lowest BCUT2D eigenvalue weighted by molar-refractivity contribution is -0.115. The average Bonchev–Trinajstić information content (AvgIpc) is 2.49. The first kappa shape index (κ1) is 14.9. The summed E-state index contributed by atoms with van der Waals surface area (Å²) in [6.45, 7) is 2.64. The van der Waals surface area contributed by atoms with Crippen LogP contribution in [0.25, 0.3) is 0 Å². The molecule has 0 fully saturated rings. The molecule has 0 aliphatic heterocycles. The molecule has 0 aliphatic rings. The summed E-state index contributed by atoms with van der Waals surface area (Å²) in [6, 6.07) is 3.65. The van der Waals surface area contributed by atoms with Crippen molar-refractivity contribution in [2.75, 3.05) is 18.4 Å². The zero-order chi connectivity index (χ0) is 14.9. The molecule has 110 valence electrons. The molecule has 0 radical (unpaired) electrons. The zero-order valence-corrected chi connectivity index (χ0v) is 11.7. The van der Waals surface area contributed by atoms with Crippen molar-refractivity contribution in [3.63, 3.8) is 0 Å². The monoisotopic (exact) mass is 287 g/mol. The first-order chi connectivity index (χ1) is 10.2. The highest BCUT2D eigenvalue weighted by Gasteiger charge is 2.06. The minimum Gasteiger partial charge on any atom is -0.488 e. The minimum atomic E-state index is -0.177. The molecule has 7 heteroatoms. The Kier molecular flexibility index (Phi) is 5.60. The molecular formula is C14H17N5O2. The molecule has 0 saturated carbocycles. The number of carbonyl (C=O) groups excluding carboxylic acids is 1. The fourth-order valence-corrected chi connectivity index (χ4v) is 1.63. The second kappa shape index (κ2) is 7.91. The maximum absolute atomic E-state index is 11.7. The molecule has 2 rings (SSSR count). The maximum atomic E-state index is 11.7. The molecule has 0 bridgehead atoms. The van der Waals surface area contributed by atoms with Crippen LogP contribution in [0, 0.1) is 0 Å². The Hall–Kier alpha value is -2.54. The Labute approximate surface area is 122 Å². The highest BCUT2D eigenvalue weighted by Crippen LogP contribution is 2.08. The molecule has 21 heavy (non-hydrogen) atoms. The third-order valence-electron chi connectivity index (χ3n) is 2.52. The van der Waals surface area contributed by atoms with Crippen molar-refractivity contribution in [1.82, 2.24) is 20.3 Å². The second-order valence-corrected chi connectivity index (χ2v) is 4.39. The van der Waals surface area contributed by atoms with Gasteiger partial charge in [0.1, 0.15) is 11.9 Å². The number of carbonyl (C=O) groups is 1. The van der Waals surface area contributed by atoms with E-state index in [9.17, 15) is 4.79 Å². The third kappa shape index (κ3) is 5.53. The molecule has 7 nitrogen and oxygen atoms in total. The van der Waals surface area contributed by atoms with E-state index in [-0.39, 0.29) is 18.6 Å². The lowest BCUT2D eigenvalue weighted by Crippen LogP contribution is -2.35. The van der Waals surface area contributed by atoms with Crippen LogP contribution in [0.1, 0.15) is 6.92 Å². The van der Waals surface area contributed by atoms with Gasteiger partial charge in [-0.1, -0.05) is 0 Å². The number of amides is 1. The van der Waals surface area contributed by atoms with Crippen molar-refractivity contribution < 1.29 is 9.53 Å². The molecule has 0 saturated heterocycles. The summed E-state index contributed by atoms with van der Waals surface area (Å²) in [5, 5.41) is 5.66. The van der Waals surface area contributed by atoms with Gasteiger partial charge in [0.2, 0.25) is 5.91 Å². The summed E-state index contributed by atoms with van der Waals surface area (Å²) < 4.78 is 5.64. The van der Waals surface area contributed by atoms with Gasteiger partial charge in [-0.05, 0) is 19.1 Å². The number of nitrogens with zero attached hydrogens (tertiary/aromatic N) is 3. The fraction of sp³-hybridized carbons (Fsp3) is 0.286. The van der Waals surface area contributed by atoms with Crippen LogP contribution in [0.5, 0.6) is 5.75 Å². The third-order valence-corrected chi connectivity index (χ3v) is 2.52. The number of anilines is 1. The van der Waals surface area contributed by atoms with Gasteiger partial charge in [0.25, 0.3) is 0 Å². The van der Waals surface area contributed by atoms with Gasteiger partial charge in [0.15, 0.2) is 5.82 Å². The summed E-state index contributed by atoms with van der Waals surface area (Å²) >= 11 is 0. The van der Waals surface area contributed by atoms with Gasteiger partial charge in [0.05, 0.1) is 18.9 Å². The summed E-state index contributed by atoms with van der Waals surface area (Å²) in [5.74, 6) is 0.962. The molecule has 2 N–H and O–H groups in total. The van der Waals surface area contributed by atoms with Crippen LogP contribution in [0.3, 0.4) is 0 Å². The van der Waals surface area contributed by atoms with E-state index in [0.29, 0.717) is 18.1 Å². The van der Waals surface area contributed by atoms with E-state index in [4.69, 9.17) is 4.74 Å². The van der Waals surface area contributed by atoms with Crippen LogP contribution in [-0.2, 0) is 4.79 Å². The van der Waals surface area contributed by atoms with Gasteiger partial charge in [-0.3, -0.25) is 14.8 Å². The first-order valence-corrected chi connectivity index (χ1v) is 6.57. The molecule has 1 atom stereocenters. The van der Waals surface area contributed by atoms with Crippen LogP contribution >= 0.6 is 0 Å². The van der Waals surface area contributed by atoms with Crippen molar-refractivity contribution in [1.29, 1.82) is 0 Å². The number of pyridine rings is 1. The highest BCUT2D eigenvalue weighted by atomic mass is 16.5. The Morgan fingerprint density at radius 2 is 2.14 bits per heavy atom. The molecule has 0 aromatic carbocycles. The molecular weight excluding hydrogens is 270 g/mol. The SMILES string of the molecule is CC(CNCC(=O)Nc1cnccn1)Oc1cccnc1. The smallest absolute Gasteiger partial charge is 0.239 e. The summed E-state index contributed by atoms with van der Waals surface area (Å²) in [6.07, 6.45) is 7.83. The van der Waals surface area contributed by atoms with Gasteiger partial charge in [-0.25, -0.2) is 4.98 Å². The van der Waals surface area contributed by atoms with Crippen LogP contribution in [0.4, 0.5) is 5.82 Å². The summed E-state index contributed by atoms with van der Waals surface area (Å²) in [5.41, 5.74) is 0. The predicted molar refractivity (Wildman–Crippen MR) is 77.9 cm³/mol. The van der Waals surface area contributed by atoms with Crippen molar-refractivity contribution >= 4 is 11.7 Å². The van der Waals surface area contributed by atoms with Crippen molar-refractivity contribution in [2.24, 2.45) is 0 Å². The normalized spacial score (nSPS) is 11.7. The van der Waals surface area contributed by atoms with Crippen LogP contribution in [0.15, 0.2) is 43.1 Å². The zero-order valence-electron chi connectivity index (χ0n) is 11.7. The van der Waals surface area contributed by atoms with Crippen molar-refractivity contribution in [3.8, 4) is 5.75 Å². The number of rotatable bonds is 7. The minimum absolute atomic E-state index is 0.0708. The Bertz CT molecular complexity index is 550. The molecule has 0 spiro atoms. The number of hydrogen-bond acceptors (Lipinski definition) is 6. The second-order valence-electron chi connectivity index (χ2n) is 4.39. The topological polar surface area (TPSA) is 89.0 Å². The Balaban J connectivity index is 1.66. The van der Waals surface area contributed by atoms with Crippen molar-refractivity contribution in [3.05, 3.63) is 43.1 Å². The number of hydrogen-bond donors (Lipinski definition) is 2. The van der Waals surface area contributed by atoms with Gasteiger partial charge in [0, 0.05) is 25.1 Å². The Morgan fingerprint density at radius 3 is 2.86 bits per heavy atom. The summed E-state index contributed by atoms with van der Waals surface area (Å²) in [7, 11) is 0. The number of ether oxygens (including phenoxy) is 1. The molecule has 0 aliphatic carbocycles. The van der Waals surface area contributed by atoms with Gasteiger partial charge >= 0.3 is 0 Å². The fourth-order valence-electron chi connectivity index (χ4n) is 1.63. The average molecular weight is 287 g/mol. The van der Waals surface area contributed by atoms with Gasteiger partial charge in [-0.15, -0.1) is 0 Å². The first-order valence-electron chi connectivity index (χ1n) is 6.57. The molecule has 2 heterocycles. The standard InChI is InChI=1S/C14H17N5O2/c1-11(21-12-3-2-4-15-8-12)7-17-10-14(20)19-13-9-16-5-6-18-13/h2-6,8-9,11,17H,7,10H2,1H3,(H,18,19,20). The van der Waals surface area contributed by atoms with Gasteiger partial charge < -0.3 is 15.4 Å². The lowest BCUT2D eigenvalue weighted by Gasteiger charge is -2.14. The number of aromatic nitrogens is 3. The molecule has 1 unspecified atom stereocenters. The lowest BCUT2D eigenvalue weighted by atomic mass is 10.3. The van der Waals surface area contributed by atoms with Crippen LogP contribution in [-0.4, -0.2) is 40.1 Å².